The van der Waals surface area contributed by atoms with Crippen LogP contribution in [0.4, 0.5) is 8.78 Å². The minimum absolute atomic E-state index is 0.263. The number of aromatic nitrogens is 2. The monoisotopic (exact) mass is 514 g/mol. The zero-order valence-electron chi connectivity index (χ0n) is 21.3. The Hall–Kier alpha value is -3.46. The molecule has 0 bridgehead atoms. The second-order valence-corrected chi connectivity index (χ2v) is 15.7. The van der Waals surface area contributed by atoms with Gasteiger partial charge in [0.2, 0.25) is 0 Å². The van der Waals surface area contributed by atoms with Crippen molar-refractivity contribution < 1.29 is 28.6 Å². The van der Waals surface area contributed by atoms with Gasteiger partial charge in [-0.2, -0.15) is 0 Å². The minimum atomic E-state index is -1.98. The first-order valence-corrected chi connectivity index (χ1v) is 14.0. The Morgan fingerprint density at radius 1 is 0.806 bits per heavy atom. The van der Waals surface area contributed by atoms with Crippen molar-refractivity contribution in [1.29, 1.82) is 0 Å². The average Bonchev–Trinajstić information content (AvgIpc) is 3.39. The number of hydrogen-bond acceptors (Lipinski definition) is 2. The van der Waals surface area contributed by atoms with Crippen LogP contribution in [-0.2, 0) is 0 Å². The molecule has 6 nitrogen and oxygen atoms in total. The number of carboxylic acid groups (broad SMARTS) is 2. The number of halogens is 2. The van der Waals surface area contributed by atoms with Gasteiger partial charge in [-0.15, -0.1) is 0 Å². The van der Waals surface area contributed by atoms with E-state index in [1.54, 1.807) is 12.3 Å². The maximum Gasteiger partial charge on any atom is 0.338 e. The van der Waals surface area contributed by atoms with Crippen LogP contribution in [0.25, 0.3) is 21.8 Å². The molecule has 4 aromatic rings. The smallest absolute Gasteiger partial charge is 0.338 e. The third kappa shape index (κ3) is 4.67. The van der Waals surface area contributed by atoms with Gasteiger partial charge in [0.05, 0.1) is 11.1 Å². The summed E-state index contributed by atoms with van der Waals surface area (Å²) in [5.74, 6) is -3.86. The van der Waals surface area contributed by atoms with E-state index >= 15 is 0 Å². The largest absolute Gasteiger partial charge is 0.478 e. The summed E-state index contributed by atoms with van der Waals surface area (Å²) in [4.78, 5) is 24.5. The quantitative estimate of drug-likeness (QED) is 0.232. The average molecular weight is 515 g/mol. The van der Waals surface area contributed by atoms with Crippen LogP contribution in [0.2, 0.25) is 16.6 Å². The van der Waals surface area contributed by atoms with Crippen molar-refractivity contribution >= 4 is 42.0 Å². The highest BCUT2D eigenvalue weighted by Gasteiger charge is 2.45. The molecule has 0 aliphatic rings. The molecule has 3 N–H and O–H groups in total. The Bertz CT molecular complexity index is 1400. The summed E-state index contributed by atoms with van der Waals surface area (Å²) in [5, 5.41) is 19.2. The van der Waals surface area contributed by atoms with E-state index in [-0.39, 0.29) is 11.1 Å². The topological polar surface area (TPSA) is 95.3 Å². The molecule has 0 fully saturated rings. The second-order valence-electron chi connectivity index (χ2n) is 9.94. The summed E-state index contributed by atoms with van der Waals surface area (Å²) in [6.07, 6.45) is 3.66. The molecule has 0 spiro atoms. The number of benzene rings is 2. The summed E-state index contributed by atoms with van der Waals surface area (Å²) >= 11 is 0. The van der Waals surface area contributed by atoms with Gasteiger partial charge in [0.1, 0.15) is 11.6 Å². The minimum Gasteiger partial charge on any atom is -0.478 e. The van der Waals surface area contributed by atoms with Crippen LogP contribution in [0.5, 0.6) is 0 Å². The highest BCUT2D eigenvalue weighted by Crippen LogP contribution is 2.44. The lowest BCUT2D eigenvalue weighted by Crippen LogP contribution is -2.51. The van der Waals surface area contributed by atoms with E-state index in [4.69, 9.17) is 10.2 Å². The Kier molecular flexibility index (Phi) is 7.73. The Morgan fingerprint density at radius 2 is 1.31 bits per heavy atom. The van der Waals surface area contributed by atoms with Crippen molar-refractivity contribution in [2.24, 2.45) is 0 Å². The van der Waals surface area contributed by atoms with E-state index in [1.165, 1.54) is 24.3 Å². The first-order valence-electron chi connectivity index (χ1n) is 11.9. The molecule has 4 rings (SSSR count). The highest BCUT2D eigenvalue weighted by molar-refractivity contribution is 6.82. The van der Waals surface area contributed by atoms with E-state index in [0.717, 1.165) is 10.9 Å². The van der Waals surface area contributed by atoms with Crippen molar-refractivity contribution in [3.63, 3.8) is 0 Å². The maximum atomic E-state index is 14.2. The number of fused-ring (bicyclic) bond motifs is 2. The lowest BCUT2D eigenvalue weighted by Gasteiger charge is -2.44. The molecule has 2 aromatic carbocycles. The number of hydrogen-bond donors (Lipinski definition) is 3. The number of aromatic amines is 1. The molecule has 0 aliphatic heterocycles. The molecule has 0 unspecified atom stereocenters. The molecular formula is C27H32F2N2O4Si. The zero-order valence-corrected chi connectivity index (χ0v) is 22.3. The molecule has 0 saturated heterocycles. The fourth-order valence-corrected chi connectivity index (χ4v) is 12.3. The van der Waals surface area contributed by atoms with Crippen LogP contribution in [0.3, 0.4) is 0 Å². The summed E-state index contributed by atoms with van der Waals surface area (Å²) < 4.78 is 29.6. The predicted molar refractivity (Wildman–Crippen MR) is 141 cm³/mol. The summed E-state index contributed by atoms with van der Waals surface area (Å²) in [5.41, 5.74) is 2.31. The Morgan fingerprint density at radius 3 is 1.81 bits per heavy atom. The summed E-state index contributed by atoms with van der Waals surface area (Å²) in [7, 11) is -1.98. The van der Waals surface area contributed by atoms with Gasteiger partial charge in [0.15, 0.2) is 8.24 Å². The maximum absolute atomic E-state index is 14.2. The molecule has 0 aliphatic carbocycles. The van der Waals surface area contributed by atoms with Gasteiger partial charge < -0.3 is 19.4 Å². The number of aromatic carboxylic acids is 2. The fourth-order valence-electron chi connectivity index (χ4n) is 5.73. The van der Waals surface area contributed by atoms with Crippen molar-refractivity contribution in [2.75, 3.05) is 0 Å². The third-order valence-electron chi connectivity index (χ3n) is 7.07. The highest BCUT2D eigenvalue weighted by atomic mass is 28.3. The Balaban J connectivity index is 0.000000233. The van der Waals surface area contributed by atoms with Crippen molar-refractivity contribution in [3.05, 3.63) is 71.6 Å². The molecule has 0 saturated carbocycles. The van der Waals surface area contributed by atoms with Gasteiger partial charge >= 0.3 is 11.9 Å². The molecule has 9 heteroatoms. The molecule has 0 radical (unpaired) electrons. The van der Waals surface area contributed by atoms with Gasteiger partial charge in [-0.3, -0.25) is 0 Å². The van der Waals surface area contributed by atoms with E-state index in [1.807, 2.05) is 12.3 Å². The fraction of sp³-hybridized carbons (Fsp3) is 0.333. The van der Waals surface area contributed by atoms with Crippen LogP contribution in [0.15, 0.2) is 48.8 Å². The lowest BCUT2D eigenvalue weighted by atomic mass is 10.1. The lowest BCUT2D eigenvalue weighted by molar-refractivity contribution is 0.0681. The predicted octanol–water partition coefficient (Wildman–Crippen LogP) is 7.51. The van der Waals surface area contributed by atoms with Crippen molar-refractivity contribution in [2.45, 2.75) is 58.2 Å². The van der Waals surface area contributed by atoms with Crippen LogP contribution in [0, 0.1) is 11.6 Å². The van der Waals surface area contributed by atoms with E-state index in [0.29, 0.717) is 27.5 Å². The van der Waals surface area contributed by atoms with Gasteiger partial charge in [0.25, 0.3) is 0 Å². The van der Waals surface area contributed by atoms with Gasteiger partial charge in [-0.1, -0.05) is 41.5 Å². The van der Waals surface area contributed by atoms with Crippen LogP contribution in [-0.4, -0.2) is 39.6 Å². The van der Waals surface area contributed by atoms with E-state index < -0.39 is 31.8 Å². The number of rotatable bonds is 6. The number of carbonyl (C=O) groups is 2. The molecule has 192 valence electrons. The normalized spacial score (nSPS) is 12.0. The number of carboxylic acids is 2. The van der Waals surface area contributed by atoms with Crippen molar-refractivity contribution in [1.82, 2.24) is 9.22 Å². The summed E-state index contributed by atoms with van der Waals surface area (Å²) in [6, 6.07) is 8.94. The number of nitrogens with zero attached hydrogens (tertiary/aromatic N) is 1. The number of nitrogens with one attached hydrogen (secondary N) is 1. The Labute approximate surface area is 209 Å². The first-order chi connectivity index (χ1) is 16.8. The molecule has 0 atom stereocenters. The summed E-state index contributed by atoms with van der Waals surface area (Å²) in [6.45, 7) is 13.5. The number of H-pyrrole nitrogens is 1. The molecule has 0 amide bonds. The molecule has 2 heterocycles. The van der Waals surface area contributed by atoms with E-state index in [2.05, 4.69) is 50.8 Å². The third-order valence-corrected chi connectivity index (χ3v) is 13.8. The van der Waals surface area contributed by atoms with Gasteiger partial charge in [-0.05, 0) is 64.6 Å². The SMILES string of the molecule is CC(C)[Si](C(C)C)(C(C)C)n1ccc2cc(C(=O)O)c(F)cc21.O=C(O)c1cc2cc[nH]c2cc1F. The van der Waals surface area contributed by atoms with Crippen molar-refractivity contribution in [3.8, 4) is 0 Å². The zero-order chi connectivity index (χ0) is 26.9. The van der Waals surface area contributed by atoms with E-state index in [9.17, 15) is 18.4 Å². The molecular weight excluding hydrogens is 482 g/mol. The van der Waals surface area contributed by atoms with Crippen LogP contribution in [0.1, 0.15) is 62.3 Å². The molecule has 36 heavy (non-hydrogen) atoms. The van der Waals surface area contributed by atoms with Gasteiger partial charge in [-0.25, -0.2) is 18.4 Å². The first kappa shape index (κ1) is 27.1. The second kappa shape index (κ2) is 10.3. The molecule has 2 aromatic heterocycles. The van der Waals surface area contributed by atoms with Gasteiger partial charge in [0, 0.05) is 22.6 Å². The van der Waals surface area contributed by atoms with Crippen LogP contribution >= 0.6 is 0 Å². The standard InChI is InChI=1S/C18H26FNO2Si.C9H6FNO2/c1-11(2)23(12(3)4,13(5)6)20-8-7-14-9-15(18(21)22)16(19)10-17(14)20;10-7-4-8-5(1-2-11-8)3-6(7)9(12)13/h7-13H,1-6H3,(H,21,22);1-4,11H,(H,12,13). The van der Waals surface area contributed by atoms with Crippen LogP contribution < -0.4 is 0 Å².